The van der Waals surface area contributed by atoms with E-state index in [0.717, 1.165) is 13.1 Å². The van der Waals surface area contributed by atoms with Crippen LogP contribution in [0.2, 0.25) is 0 Å². The molecule has 0 atom stereocenters. The minimum absolute atomic E-state index is 0.357. The summed E-state index contributed by atoms with van der Waals surface area (Å²) in [4.78, 5) is 10.8. The zero-order valence-electron chi connectivity index (χ0n) is 12.1. The predicted molar refractivity (Wildman–Crippen MR) is 76.5 cm³/mol. The lowest BCUT2D eigenvalue weighted by Crippen LogP contribution is -2.37. The molecule has 1 aromatic rings. The summed E-state index contributed by atoms with van der Waals surface area (Å²) in [6.45, 7) is 2.04. The van der Waals surface area contributed by atoms with E-state index in [2.05, 4.69) is 34.3 Å². The molecule has 1 aromatic heterocycles. The number of anilines is 1. The third kappa shape index (κ3) is 3.80. The number of methoxy groups -OCH3 is 1. The van der Waals surface area contributed by atoms with Gasteiger partial charge in [-0.05, 0) is 26.9 Å². The monoisotopic (exact) mass is 264 g/mol. The molecule has 1 aliphatic carbocycles. The zero-order valence-corrected chi connectivity index (χ0v) is 12.1. The van der Waals surface area contributed by atoms with E-state index in [-0.39, 0.29) is 0 Å². The van der Waals surface area contributed by atoms with Crippen molar-refractivity contribution in [3.63, 3.8) is 0 Å². The first-order chi connectivity index (χ1) is 9.13. The molecule has 5 heteroatoms. The summed E-state index contributed by atoms with van der Waals surface area (Å²) in [5.74, 6) is 1.26. The lowest BCUT2D eigenvalue weighted by atomic mass is 9.85. The molecule has 0 saturated heterocycles. The van der Waals surface area contributed by atoms with E-state index in [0.29, 0.717) is 17.2 Å². The zero-order chi connectivity index (χ0) is 13.7. The number of nitrogens with one attached hydrogen (secondary N) is 1. The number of nitrogens with zero attached hydrogens (tertiary/aromatic N) is 3. The summed E-state index contributed by atoms with van der Waals surface area (Å²) in [5.41, 5.74) is 0.357. The standard InChI is InChI=1S/C14H24N4O/c1-18(2)11-14(7-4-5-8-14)10-16-13-15-9-6-12(17-13)19-3/h6,9H,4-5,7-8,10-11H2,1-3H3,(H,15,16,17). The highest BCUT2D eigenvalue weighted by atomic mass is 16.5. The van der Waals surface area contributed by atoms with Gasteiger partial charge in [0.2, 0.25) is 11.8 Å². The lowest BCUT2D eigenvalue weighted by molar-refractivity contribution is 0.215. The highest BCUT2D eigenvalue weighted by molar-refractivity contribution is 5.28. The van der Waals surface area contributed by atoms with Crippen molar-refractivity contribution in [1.29, 1.82) is 0 Å². The smallest absolute Gasteiger partial charge is 0.225 e. The molecule has 2 rings (SSSR count). The van der Waals surface area contributed by atoms with Gasteiger partial charge in [-0.2, -0.15) is 4.98 Å². The number of ether oxygens (including phenoxy) is 1. The Kier molecular flexibility index (Phi) is 4.58. The average Bonchev–Trinajstić information content (AvgIpc) is 2.85. The second-order valence-corrected chi connectivity index (χ2v) is 5.72. The van der Waals surface area contributed by atoms with Gasteiger partial charge in [-0.15, -0.1) is 0 Å². The summed E-state index contributed by atoms with van der Waals surface area (Å²) in [7, 11) is 5.90. The molecule has 1 saturated carbocycles. The maximum absolute atomic E-state index is 5.12. The van der Waals surface area contributed by atoms with Gasteiger partial charge in [0.05, 0.1) is 7.11 Å². The van der Waals surface area contributed by atoms with Gasteiger partial charge >= 0.3 is 0 Å². The summed E-state index contributed by atoms with van der Waals surface area (Å²) in [6, 6.07) is 1.76. The van der Waals surface area contributed by atoms with Gasteiger partial charge in [0.25, 0.3) is 0 Å². The molecular weight excluding hydrogens is 240 g/mol. The van der Waals surface area contributed by atoms with Crippen molar-refractivity contribution < 1.29 is 4.74 Å². The molecule has 0 aromatic carbocycles. The highest BCUT2D eigenvalue weighted by Gasteiger charge is 2.34. The van der Waals surface area contributed by atoms with Gasteiger partial charge in [0.15, 0.2) is 0 Å². The molecule has 0 spiro atoms. The van der Waals surface area contributed by atoms with E-state index in [1.807, 2.05) is 0 Å². The van der Waals surface area contributed by atoms with E-state index in [1.54, 1.807) is 19.4 Å². The van der Waals surface area contributed by atoms with Crippen LogP contribution >= 0.6 is 0 Å². The van der Waals surface area contributed by atoms with Crippen molar-refractivity contribution in [3.8, 4) is 5.88 Å². The Bertz CT molecular complexity index is 402. The molecule has 19 heavy (non-hydrogen) atoms. The third-order valence-electron chi connectivity index (χ3n) is 3.78. The van der Waals surface area contributed by atoms with Gasteiger partial charge < -0.3 is 15.0 Å². The highest BCUT2D eigenvalue weighted by Crippen LogP contribution is 2.38. The Morgan fingerprint density at radius 2 is 2.11 bits per heavy atom. The Balaban J connectivity index is 1.98. The number of aromatic nitrogens is 2. The fraction of sp³-hybridized carbons (Fsp3) is 0.714. The number of hydrogen-bond acceptors (Lipinski definition) is 5. The minimum Gasteiger partial charge on any atom is -0.481 e. The minimum atomic E-state index is 0.357. The van der Waals surface area contributed by atoms with Crippen LogP contribution in [0, 0.1) is 5.41 Å². The van der Waals surface area contributed by atoms with Crippen LogP contribution in [0.15, 0.2) is 12.3 Å². The van der Waals surface area contributed by atoms with Gasteiger partial charge in [-0.1, -0.05) is 12.8 Å². The van der Waals surface area contributed by atoms with E-state index >= 15 is 0 Å². The molecule has 0 amide bonds. The second kappa shape index (κ2) is 6.19. The van der Waals surface area contributed by atoms with Crippen LogP contribution in [0.1, 0.15) is 25.7 Å². The van der Waals surface area contributed by atoms with Crippen LogP contribution in [0.4, 0.5) is 5.95 Å². The van der Waals surface area contributed by atoms with E-state index in [1.165, 1.54) is 25.7 Å². The fourth-order valence-corrected chi connectivity index (χ4v) is 2.99. The maximum Gasteiger partial charge on any atom is 0.225 e. The van der Waals surface area contributed by atoms with Crippen LogP contribution < -0.4 is 10.1 Å². The van der Waals surface area contributed by atoms with Crippen molar-refractivity contribution in [2.75, 3.05) is 39.6 Å². The molecule has 1 aliphatic rings. The van der Waals surface area contributed by atoms with E-state index < -0.39 is 0 Å². The summed E-state index contributed by atoms with van der Waals surface area (Å²) in [5, 5.41) is 3.38. The van der Waals surface area contributed by atoms with Crippen molar-refractivity contribution in [1.82, 2.24) is 14.9 Å². The summed E-state index contributed by atoms with van der Waals surface area (Å²) in [6.07, 6.45) is 6.94. The molecule has 1 N–H and O–H groups in total. The number of hydrogen-bond donors (Lipinski definition) is 1. The van der Waals surface area contributed by atoms with Gasteiger partial charge in [-0.25, -0.2) is 4.98 Å². The Labute approximate surface area is 115 Å². The van der Waals surface area contributed by atoms with Crippen molar-refractivity contribution >= 4 is 5.95 Å². The molecule has 106 valence electrons. The SMILES string of the molecule is COc1ccnc(NCC2(CN(C)C)CCCC2)n1. The number of rotatable bonds is 6. The topological polar surface area (TPSA) is 50.3 Å². The Morgan fingerprint density at radius 1 is 1.37 bits per heavy atom. The van der Waals surface area contributed by atoms with Gasteiger partial charge in [-0.3, -0.25) is 0 Å². The molecule has 1 fully saturated rings. The Morgan fingerprint density at radius 3 is 2.74 bits per heavy atom. The van der Waals surface area contributed by atoms with Crippen molar-refractivity contribution in [3.05, 3.63) is 12.3 Å². The lowest BCUT2D eigenvalue weighted by Gasteiger charge is -2.32. The quantitative estimate of drug-likeness (QED) is 0.852. The fourth-order valence-electron chi connectivity index (χ4n) is 2.99. The van der Waals surface area contributed by atoms with Crippen LogP contribution in [0.5, 0.6) is 5.88 Å². The molecular formula is C14H24N4O. The summed E-state index contributed by atoms with van der Waals surface area (Å²) < 4.78 is 5.12. The van der Waals surface area contributed by atoms with Crippen molar-refractivity contribution in [2.24, 2.45) is 5.41 Å². The van der Waals surface area contributed by atoms with Crippen molar-refractivity contribution in [2.45, 2.75) is 25.7 Å². The first-order valence-corrected chi connectivity index (χ1v) is 6.89. The second-order valence-electron chi connectivity index (χ2n) is 5.72. The van der Waals surface area contributed by atoms with Crippen LogP contribution in [0.25, 0.3) is 0 Å². The third-order valence-corrected chi connectivity index (χ3v) is 3.78. The van der Waals surface area contributed by atoms with Gasteiger partial charge in [0.1, 0.15) is 0 Å². The van der Waals surface area contributed by atoms with Gasteiger partial charge in [0, 0.05) is 30.8 Å². The normalized spacial score (nSPS) is 17.7. The van der Waals surface area contributed by atoms with E-state index in [9.17, 15) is 0 Å². The van der Waals surface area contributed by atoms with Crippen LogP contribution in [-0.2, 0) is 0 Å². The largest absolute Gasteiger partial charge is 0.481 e. The molecule has 1 heterocycles. The molecule has 0 radical (unpaired) electrons. The average molecular weight is 264 g/mol. The first-order valence-electron chi connectivity index (χ1n) is 6.89. The Hall–Kier alpha value is -1.36. The van der Waals surface area contributed by atoms with Crippen LogP contribution in [0.3, 0.4) is 0 Å². The first kappa shape index (κ1) is 14.1. The predicted octanol–water partition coefficient (Wildman–Crippen LogP) is 2.02. The summed E-state index contributed by atoms with van der Waals surface area (Å²) >= 11 is 0. The molecule has 0 bridgehead atoms. The molecule has 0 aliphatic heterocycles. The molecule has 5 nitrogen and oxygen atoms in total. The molecule has 0 unspecified atom stereocenters. The van der Waals surface area contributed by atoms with Crippen LogP contribution in [-0.4, -0.2) is 49.2 Å². The van der Waals surface area contributed by atoms with E-state index in [4.69, 9.17) is 4.74 Å². The maximum atomic E-state index is 5.12.